The van der Waals surface area contributed by atoms with Gasteiger partial charge in [0, 0.05) is 197 Å². The van der Waals surface area contributed by atoms with Crippen molar-refractivity contribution in [3.8, 4) is 22.5 Å². The van der Waals surface area contributed by atoms with Gasteiger partial charge in [-0.3, -0.25) is 81.9 Å². The van der Waals surface area contributed by atoms with E-state index in [1.54, 1.807) is 66.1 Å². The number of rotatable bonds is 73. The van der Waals surface area contributed by atoms with Gasteiger partial charge in [-0.15, -0.1) is 0 Å². The van der Waals surface area contributed by atoms with Crippen LogP contribution >= 0.6 is 12.6 Å². The monoisotopic (exact) mass is 2110 g/mol. The number of para-hydroxylation sites is 1. The number of primary amides is 1. The predicted molar refractivity (Wildman–Crippen MR) is 580 cm³/mol. The zero-order chi connectivity index (χ0) is 112. The van der Waals surface area contributed by atoms with Crippen LogP contribution < -0.4 is 81.1 Å². The third kappa shape index (κ3) is 43.8. The number of aliphatic carboxylic acids is 1. The van der Waals surface area contributed by atoms with Crippen molar-refractivity contribution in [3.63, 3.8) is 0 Å². The number of nitrogens with one attached hydrogen (secondary N) is 7. The van der Waals surface area contributed by atoms with Crippen molar-refractivity contribution in [3.05, 3.63) is 107 Å². The summed E-state index contributed by atoms with van der Waals surface area (Å²) >= 11 is 4.32. The number of hydrogen-bond donors (Lipinski definition) is 17. The molecule has 1 aliphatic carbocycles. The summed E-state index contributed by atoms with van der Waals surface area (Å²) in [6, 6.07) is 17.5. The van der Waals surface area contributed by atoms with E-state index in [-0.39, 0.29) is 166 Å². The molecule has 0 unspecified atom stereocenters. The summed E-state index contributed by atoms with van der Waals surface area (Å²) in [6.07, 6.45) is 2.36. The first kappa shape index (κ1) is 128. The van der Waals surface area contributed by atoms with Crippen molar-refractivity contribution in [2.75, 3.05) is 105 Å². The number of carbonyl (C=O) groups is 16. The van der Waals surface area contributed by atoms with Crippen molar-refractivity contribution >= 4 is 146 Å². The number of carboxylic acids is 2. The Labute approximate surface area is 884 Å². The summed E-state index contributed by atoms with van der Waals surface area (Å²) in [4.78, 5) is 226. The highest BCUT2D eigenvalue weighted by atomic mass is 32.1. The lowest BCUT2D eigenvalue weighted by Crippen LogP contribution is -2.51. The fraction of sp³-hybridized carbons (Fsp3) is 0.587. The number of aromatic carboxylic acids is 1. The van der Waals surface area contributed by atoms with Crippen molar-refractivity contribution in [1.29, 1.82) is 0 Å². The SMILES string of the molecule is CC(C)C[C@H](NC(=O)[C@@H](CCCN=C(N)N)CC(=O)[C@H](Cc1c[nH]c2ccccc12)NC(=O)CCC(=O)[C@@H](NC(=O)[C@@H](CC(=O)CN)C(C)C)[C@@H](C)O)C(=O)C[C@@H](CS)C(=O)N[C@@H](CCC(=O)O)C(=O)C[C@@H](CCCN=C(N)N)C(N)=O.CC[C@H](C)[C@H](NC)C(=O)C[C@@H](CC(C)C)C(=O)N[C@@H](C)C(=O)CCCCOCCOCCOCCCCC(=O)c1ccc(C(=O)O)c(-c2c3ccc(=[N+](C)C)cc-3oc3cc(N(C)C)ccc23)c1. The summed E-state index contributed by atoms with van der Waals surface area (Å²) in [5, 5.41) is 49.4. The number of ether oxygens (including phenoxy) is 3. The van der Waals surface area contributed by atoms with Crippen LogP contribution in [-0.4, -0.2) is 268 Å². The number of aromatic nitrogens is 1. The molecule has 40 nitrogen and oxygen atoms in total. The van der Waals surface area contributed by atoms with Gasteiger partial charge >= 0.3 is 11.9 Å². The van der Waals surface area contributed by atoms with Gasteiger partial charge in [0.2, 0.25) is 40.8 Å². The van der Waals surface area contributed by atoms with Crippen LogP contribution in [0.5, 0.6) is 0 Å². The van der Waals surface area contributed by atoms with Gasteiger partial charge in [0.1, 0.15) is 37.3 Å². The second-order valence-electron chi connectivity index (χ2n) is 40.2. The number of likely N-dealkylation sites (N-methyl/N-ethyl adjacent to an activating group) is 1. The molecule has 0 spiro atoms. The number of carbonyl (C=O) groups excluding carboxylic acids is 14. The Morgan fingerprint density at radius 2 is 1.11 bits per heavy atom. The van der Waals surface area contributed by atoms with Crippen LogP contribution in [0, 0.1) is 53.3 Å². The van der Waals surface area contributed by atoms with Crippen LogP contribution in [0.2, 0.25) is 0 Å². The Hall–Kier alpha value is -12.5. The topological polar surface area (TPSA) is 650 Å². The quantitative estimate of drug-likeness (QED) is 0.00332. The number of unbranched alkanes of at least 4 members (excludes halogenated alkanes) is 2. The van der Waals surface area contributed by atoms with Gasteiger partial charge in [-0.05, 0) is 163 Å². The maximum absolute atomic E-state index is 14.7. The minimum atomic E-state index is -1.43. The van der Waals surface area contributed by atoms with E-state index in [0.717, 1.165) is 39.3 Å². The maximum atomic E-state index is 14.7. The molecule has 1 aliphatic heterocycles. The molecular weight excluding hydrogens is 1950 g/mol. The van der Waals surface area contributed by atoms with Crippen LogP contribution in [-0.2, 0) is 87.8 Å². The summed E-state index contributed by atoms with van der Waals surface area (Å²) in [7, 11) is 9.56. The molecule has 4 aromatic rings. The molecule has 0 radical (unpaired) electrons. The highest BCUT2D eigenvalue weighted by Crippen LogP contribution is 2.43. The number of amides is 6. The van der Waals surface area contributed by atoms with E-state index in [1.165, 1.54) is 13.0 Å². The van der Waals surface area contributed by atoms with Gasteiger partial charge in [0.05, 0.1) is 86.8 Å². The van der Waals surface area contributed by atoms with Gasteiger partial charge in [-0.25, -0.2) is 9.37 Å². The Morgan fingerprint density at radius 3 is 1.67 bits per heavy atom. The number of anilines is 1. The van der Waals surface area contributed by atoms with E-state index in [4.69, 9.17) is 53.0 Å². The van der Waals surface area contributed by atoms with E-state index in [2.05, 4.69) is 59.5 Å². The number of aliphatic hydroxyl groups excluding tert-OH is 1. The smallest absolute Gasteiger partial charge is 0.336 e. The number of guanidine groups is 2. The third-order valence-electron chi connectivity index (χ3n) is 26.3. The number of ketones is 8. The number of fused-ring (bicyclic) bond motifs is 3. The Morgan fingerprint density at radius 1 is 0.533 bits per heavy atom. The molecule has 0 fully saturated rings. The molecule has 828 valence electrons. The predicted octanol–water partition coefficient (Wildman–Crippen LogP) is 7.63. The Balaban J connectivity index is 0.000000536. The first-order valence-electron chi connectivity index (χ1n) is 51.9. The third-order valence-corrected chi connectivity index (χ3v) is 26.8. The van der Waals surface area contributed by atoms with Gasteiger partial charge in [-0.2, -0.15) is 12.6 Å². The number of benzene rings is 4. The first-order valence-corrected chi connectivity index (χ1v) is 52.5. The molecule has 1 aromatic heterocycles. The molecule has 22 N–H and O–H groups in total. The summed E-state index contributed by atoms with van der Waals surface area (Å²) in [6.45, 7) is 20.7. The van der Waals surface area contributed by atoms with Crippen molar-refractivity contribution in [2.24, 2.45) is 97.6 Å². The molecule has 0 bridgehead atoms. The van der Waals surface area contributed by atoms with Crippen molar-refractivity contribution in [2.45, 2.75) is 259 Å². The largest absolute Gasteiger partial charge is 0.481 e. The summed E-state index contributed by atoms with van der Waals surface area (Å²) in [5.74, 6) is -14.1. The average molecular weight is 2110 g/mol. The minimum Gasteiger partial charge on any atom is -0.481 e. The van der Waals surface area contributed by atoms with E-state index < -0.39 is 169 Å². The Kier molecular flexibility index (Phi) is 56.5. The number of hydrogen-bond acceptors (Lipinski definition) is 27. The lowest BCUT2D eigenvalue weighted by molar-refractivity contribution is -0.138. The average Bonchev–Trinajstić information content (AvgIpc) is 0.859. The van der Waals surface area contributed by atoms with Gasteiger partial charge in [-0.1, -0.05) is 86.1 Å². The molecule has 0 saturated carbocycles. The number of aliphatic hydroxyl groups is 1. The molecule has 41 heteroatoms. The molecule has 6 amide bonds. The van der Waals surface area contributed by atoms with Gasteiger partial charge in [0.25, 0.3) is 0 Å². The highest BCUT2D eigenvalue weighted by molar-refractivity contribution is 7.80. The van der Waals surface area contributed by atoms with Crippen LogP contribution in [0.3, 0.4) is 0 Å². The number of aliphatic imine (C=N–C) groups is 2. The number of nitrogens with zero attached hydrogens (tertiary/aromatic N) is 4. The number of H-pyrrole nitrogens is 1. The molecular formula is C109H164N17O23S+. The standard InChI is InChI=1S/C55H87N13O13S.C54H76N4O10/c1-29(2)20-41(46(74)24-35(28-82)52(80)66-40(14-17-48(76)77)44(72)22-32(50(57)78)10-8-18-62-54(58)59)67-51(79)33(11-9-19-63-55(60)61)23-45(73)42(21-34-27-64-39-13-7-6-12-37(34)39)65-47(75)16-15-43(71)49(31(5)69)68-53(81)38(30(3)4)25-36(70)26-56;1-11-36(4)52(55-6)48(61)32-39(30-35(2)3)53(62)56-37(5)46(59)16-12-14-24-65-26-28-67-29-27-66-25-15-13-17-47(60)38-18-21-42(54(63)64)45(31-38)51-43-22-19-40(57(7)8)33-49(43)68-50-34-41(58(9)10)20-23-44(50)51/h6-7,12-13,27,29-33,35,38,40-42,49,64,69,82H,8-11,14-26,28,56H2,1-5H3,(H2,57,78)(H,65,75)(H,66,80)(H,67,79)(H,68,81)(H,76,77)(H4,58,59,62)(H4,60,61,63);18-23,31,33-37,39,52,55H,11-17,24-30,32H2,1-10H3,(H-,56,62,63,64)/p+1/t31-,32-,33+,35+,38+,40+,41+,42+,49+;36-,37-,39+,52-/m10/s1. The highest BCUT2D eigenvalue weighted by Gasteiger charge is 2.39. The molecule has 2 heterocycles. The van der Waals surface area contributed by atoms with Crippen molar-refractivity contribution < 1.29 is 111 Å². The minimum absolute atomic E-state index is 0.0179. The molecule has 13 atom stereocenters. The van der Waals surface area contributed by atoms with E-state index in [1.807, 2.05) is 120 Å². The number of carboxylic acid groups (broad SMARTS) is 2. The zero-order valence-electron chi connectivity index (χ0n) is 89.9. The van der Waals surface area contributed by atoms with Gasteiger partial charge < -0.3 is 110 Å². The van der Waals surface area contributed by atoms with Gasteiger partial charge in [0.15, 0.2) is 52.4 Å². The van der Waals surface area contributed by atoms with Crippen molar-refractivity contribution in [1.82, 2.24) is 41.5 Å². The van der Waals surface area contributed by atoms with E-state index in [9.17, 15) is 92.0 Å². The number of aromatic amines is 1. The fourth-order valence-corrected chi connectivity index (χ4v) is 17.8. The van der Waals surface area contributed by atoms with E-state index in [0.29, 0.717) is 112 Å². The molecule has 6 rings (SSSR count). The van der Waals surface area contributed by atoms with Crippen LogP contribution in [0.1, 0.15) is 237 Å². The zero-order valence-corrected chi connectivity index (χ0v) is 90.8. The summed E-state index contributed by atoms with van der Waals surface area (Å²) in [5.41, 5.74) is 38.3. The molecule has 150 heavy (non-hydrogen) atoms. The number of nitrogens with two attached hydrogens (primary N) is 6. The fourth-order valence-electron chi connectivity index (χ4n) is 17.5. The Bertz CT molecular complexity index is 5600. The van der Waals surface area contributed by atoms with Crippen LogP contribution in [0.15, 0.2) is 99.5 Å². The molecule has 3 aromatic carbocycles. The first-order chi connectivity index (χ1) is 71.0. The maximum Gasteiger partial charge on any atom is 0.336 e. The summed E-state index contributed by atoms with van der Waals surface area (Å²) < 4.78 is 25.5. The number of Topliss-reactive ketones (excluding diaryl/α,β-unsaturated/α-hetero) is 8. The van der Waals surface area contributed by atoms with Crippen LogP contribution in [0.25, 0.3) is 44.3 Å². The lowest BCUT2D eigenvalue weighted by atomic mass is 9.86. The molecule has 2 aliphatic rings. The molecule has 0 saturated heterocycles. The lowest BCUT2D eigenvalue weighted by Gasteiger charge is -2.26. The number of thiol groups is 1. The normalized spacial score (nSPS) is 14.0. The second-order valence-corrected chi connectivity index (χ2v) is 40.5. The van der Waals surface area contributed by atoms with Crippen LogP contribution in [0.4, 0.5) is 5.69 Å². The second kappa shape index (κ2) is 66.2. The van der Waals surface area contributed by atoms with E-state index >= 15 is 0 Å².